The van der Waals surface area contributed by atoms with Crippen LogP contribution in [-0.2, 0) is 34.8 Å². The topological polar surface area (TPSA) is 68.6 Å². The van der Waals surface area contributed by atoms with Crippen molar-refractivity contribution in [3.63, 3.8) is 0 Å². The summed E-state index contributed by atoms with van der Waals surface area (Å²) in [6, 6.07) is 7.86. The van der Waals surface area contributed by atoms with E-state index in [9.17, 15) is 13.2 Å². The third-order valence-electron chi connectivity index (χ3n) is 5.10. The largest absolute Gasteiger partial charge is 0.462 e. The summed E-state index contributed by atoms with van der Waals surface area (Å²) in [4.78, 5) is 12.5. The maximum atomic E-state index is 13.4. The van der Waals surface area contributed by atoms with Crippen molar-refractivity contribution in [2.75, 3.05) is 13.2 Å². The van der Waals surface area contributed by atoms with Crippen molar-refractivity contribution in [2.45, 2.75) is 38.6 Å². The van der Waals surface area contributed by atoms with Crippen molar-refractivity contribution < 1.29 is 17.9 Å². The van der Waals surface area contributed by atoms with E-state index in [1.807, 2.05) is 24.3 Å². The maximum Gasteiger partial charge on any atom is 0.341 e. The average molecular weight is 376 g/mol. The summed E-state index contributed by atoms with van der Waals surface area (Å²) < 4.78 is 35.1. The minimum Gasteiger partial charge on any atom is -0.462 e. The first kappa shape index (κ1) is 18.7. The molecular weight excluding hydrogens is 352 g/mol. The molecule has 2 heterocycles. The average Bonchev–Trinajstić information content (AvgIpc) is 2.86. The van der Waals surface area contributed by atoms with E-state index >= 15 is 0 Å². The van der Waals surface area contributed by atoms with Crippen molar-refractivity contribution in [3.05, 3.63) is 52.3 Å². The number of hydrogen-bond donors (Lipinski definition) is 0. The van der Waals surface area contributed by atoms with Gasteiger partial charge in [-0.3, -0.25) is 0 Å². The molecule has 6 nitrogen and oxygen atoms in total. The molecule has 0 bridgehead atoms. The molecule has 0 radical (unpaired) electrons. The molecule has 2 aromatic rings. The Labute approximate surface area is 154 Å². The summed E-state index contributed by atoms with van der Waals surface area (Å²) in [6.07, 6.45) is 0.662. The Morgan fingerprint density at radius 2 is 1.81 bits per heavy atom. The monoisotopic (exact) mass is 376 g/mol. The third kappa shape index (κ3) is 2.95. The van der Waals surface area contributed by atoms with Crippen LogP contribution in [0.1, 0.15) is 39.8 Å². The minimum atomic E-state index is -3.82. The van der Waals surface area contributed by atoms with Gasteiger partial charge in [0.15, 0.2) is 0 Å². The first-order valence-electron chi connectivity index (χ1n) is 8.69. The molecule has 1 aliphatic heterocycles. The summed E-state index contributed by atoms with van der Waals surface area (Å²) in [7, 11) is -2.06. The second-order valence-electron chi connectivity index (χ2n) is 6.51. The zero-order valence-electron chi connectivity index (χ0n) is 15.6. The van der Waals surface area contributed by atoms with Crippen LogP contribution in [0.2, 0.25) is 0 Å². The van der Waals surface area contributed by atoms with Gasteiger partial charge >= 0.3 is 5.97 Å². The van der Waals surface area contributed by atoms with Gasteiger partial charge in [0, 0.05) is 31.5 Å². The predicted molar refractivity (Wildman–Crippen MR) is 98.6 cm³/mol. The fourth-order valence-corrected chi connectivity index (χ4v) is 5.38. The number of ether oxygens (including phenoxy) is 1. The molecule has 0 aliphatic carbocycles. The predicted octanol–water partition coefficient (Wildman–Crippen LogP) is 2.57. The third-order valence-corrected chi connectivity index (χ3v) is 7.10. The van der Waals surface area contributed by atoms with Crippen LogP contribution in [0.4, 0.5) is 0 Å². The first-order valence-corrected chi connectivity index (χ1v) is 10.1. The molecule has 0 unspecified atom stereocenters. The molecule has 0 saturated heterocycles. The maximum absolute atomic E-state index is 13.4. The van der Waals surface area contributed by atoms with Crippen LogP contribution < -0.4 is 0 Å². The molecule has 1 aromatic carbocycles. The lowest BCUT2D eigenvalue weighted by Gasteiger charge is -2.28. The molecule has 7 heteroatoms. The van der Waals surface area contributed by atoms with E-state index in [2.05, 4.69) is 0 Å². The highest BCUT2D eigenvalue weighted by atomic mass is 32.2. The normalized spacial score (nSPS) is 14.9. The van der Waals surface area contributed by atoms with E-state index in [1.54, 1.807) is 32.4 Å². The number of benzene rings is 1. The van der Waals surface area contributed by atoms with Gasteiger partial charge < -0.3 is 9.30 Å². The molecule has 140 valence electrons. The van der Waals surface area contributed by atoms with Gasteiger partial charge in [0.2, 0.25) is 10.0 Å². The Morgan fingerprint density at radius 1 is 1.15 bits per heavy atom. The molecule has 0 amide bonds. The standard InChI is InChI=1S/C19H24N2O4S/c1-5-25-19(22)17-13(2)20(4)14(3)18(17)26(23,24)21-11-10-15-8-6-7-9-16(15)12-21/h6-9H,5,10-12H2,1-4H3. The fourth-order valence-electron chi connectivity index (χ4n) is 3.48. The lowest BCUT2D eigenvalue weighted by Crippen LogP contribution is -2.36. The molecule has 0 atom stereocenters. The SMILES string of the molecule is CCOC(=O)c1c(S(=O)(=O)N2CCc3ccccc3C2)c(C)n(C)c1C. The van der Waals surface area contributed by atoms with E-state index in [-0.39, 0.29) is 17.1 Å². The fraction of sp³-hybridized carbons (Fsp3) is 0.421. The van der Waals surface area contributed by atoms with E-state index in [0.717, 1.165) is 5.56 Å². The highest BCUT2D eigenvalue weighted by Crippen LogP contribution is 2.32. The Bertz CT molecular complexity index is 960. The number of fused-ring (bicyclic) bond motifs is 1. The molecule has 0 N–H and O–H groups in total. The number of esters is 1. The lowest BCUT2D eigenvalue weighted by molar-refractivity contribution is 0.0521. The molecule has 0 saturated carbocycles. The van der Waals surface area contributed by atoms with Crippen molar-refractivity contribution in [2.24, 2.45) is 7.05 Å². The summed E-state index contributed by atoms with van der Waals surface area (Å²) in [5, 5.41) is 0. The van der Waals surface area contributed by atoms with Crippen LogP contribution in [0, 0.1) is 13.8 Å². The minimum absolute atomic E-state index is 0.0651. The molecule has 3 rings (SSSR count). The highest BCUT2D eigenvalue weighted by molar-refractivity contribution is 7.89. The van der Waals surface area contributed by atoms with Crippen LogP contribution >= 0.6 is 0 Å². The van der Waals surface area contributed by atoms with Crippen molar-refractivity contribution in [1.82, 2.24) is 8.87 Å². The summed E-state index contributed by atoms with van der Waals surface area (Å²) in [6.45, 7) is 6.08. The lowest BCUT2D eigenvalue weighted by atomic mass is 10.0. The number of sulfonamides is 1. The highest BCUT2D eigenvalue weighted by Gasteiger charge is 2.36. The Morgan fingerprint density at radius 3 is 2.46 bits per heavy atom. The van der Waals surface area contributed by atoms with E-state index in [1.165, 1.54) is 9.87 Å². The van der Waals surface area contributed by atoms with Crippen molar-refractivity contribution in [1.29, 1.82) is 0 Å². The number of rotatable bonds is 4. The van der Waals surface area contributed by atoms with Gasteiger partial charge in [-0.25, -0.2) is 13.2 Å². The molecule has 1 aromatic heterocycles. The Balaban J connectivity index is 2.08. The Hall–Kier alpha value is -2.12. The summed E-state index contributed by atoms with van der Waals surface area (Å²) in [5.41, 5.74) is 3.46. The van der Waals surface area contributed by atoms with E-state index < -0.39 is 16.0 Å². The number of carbonyl (C=O) groups is 1. The molecule has 0 fully saturated rings. The Kier molecular flexibility index (Phi) is 4.94. The molecule has 0 spiro atoms. The van der Waals surface area contributed by atoms with Gasteiger partial charge in [0.1, 0.15) is 10.5 Å². The second-order valence-corrected chi connectivity index (χ2v) is 8.39. The zero-order valence-corrected chi connectivity index (χ0v) is 16.4. The number of carbonyl (C=O) groups excluding carboxylic acids is 1. The number of nitrogens with zero attached hydrogens (tertiary/aromatic N) is 2. The smallest absolute Gasteiger partial charge is 0.341 e. The van der Waals surface area contributed by atoms with Crippen LogP contribution in [-0.4, -0.2) is 36.4 Å². The van der Waals surface area contributed by atoms with Crippen LogP contribution in [0.25, 0.3) is 0 Å². The van der Waals surface area contributed by atoms with E-state index in [0.29, 0.717) is 30.9 Å². The summed E-state index contributed by atoms with van der Waals surface area (Å²) >= 11 is 0. The first-order chi connectivity index (χ1) is 12.3. The van der Waals surface area contributed by atoms with Crippen LogP contribution in [0.15, 0.2) is 29.2 Å². The van der Waals surface area contributed by atoms with Crippen molar-refractivity contribution >= 4 is 16.0 Å². The van der Waals surface area contributed by atoms with Gasteiger partial charge in [0.05, 0.1) is 6.61 Å². The van der Waals surface area contributed by atoms with Gasteiger partial charge in [-0.1, -0.05) is 24.3 Å². The molecule has 1 aliphatic rings. The summed E-state index contributed by atoms with van der Waals surface area (Å²) in [5.74, 6) is -0.593. The number of aromatic nitrogens is 1. The van der Waals surface area contributed by atoms with Crippen molar-refractivity contribution in [3.8, 4) is 0 Å². The molecular formula is C19H24N2O4S. The van der Waals surface area contributed by atoms with Gasteiger partial charge in [-0.2, -0.15) is 4.31 Å². The van der Waals surface area contributed by atoms with Crippen LogP contribution in [0.3, 0.4) is 0 Å². The van der Waals surface area contributed by atoms with Gasteiger partial charge in [-0.05, 0) is 38.3 Å². The number of hydrogen-bond acceptors (Lipinski definition) is 4. The second kappa shape index (κ2) is 6.89. The van der Waals surface area contributed by atoms with Crippen LogP contribution in [0.5, 0.6) is 0 Å². The molecule has 26 heavy (non-hydrogen) atoms. The van der Waals surface area contributed by atoms with Gasteiger partial charge in [-0.15, -0.1) is 0 Å². The quantitative estimate of drug-likeness (QED) is 0.769. The zero-order chi connectivity index (χ0) is 19.1. The van der Waals surface area contributed by atoms with Gasteiger partial charge in [0.25, 0.3) is 0 Å². The van der Waals surface area contributed by atoms with E-state index in [4.69, 9.17) is 4.74 Å².